The number of thioether (sulfide) groups is 1. The maximum absolute atomic E-state index is 5.44. The second-order valence-corrected chi connectivity index (χ2v) is 3.50. The summed E-state index contributed by atoms with van der Waals surface area (Å²) in [5.74, 6) is 5.76. The van der Waals surface area contributed by atoms with E-state index in [2.05, 4.69) is 10.1 Å². The van der Waals surface area contributed by atoms with Crippen molar-refractivity contribution in [2.75, 3.05) is 0 Å². The Labute approximate surface area is 81.4 Å². The molecule has 0 aromatic carbocycles. The van der Waals surface area contributed by atoms with E-state index < -0.39 is 0 Å². The molecule has 1 rings (SSSR count). The predicted octanol–water partition coefficient (Wildman–Crippen LogP) is 0.812. The van der Waals surface area contributed by atoms with E-state index >= 15 is 0 Å². The molecule has 0 saturated heterocycles. The van der Waals surface area contributed by atoms with Crippen molar-refractivity contribution in [2.45, 2.75) is 12.7 Å². The van der Waals surface area contributed by atoms with Crippen molar-refractivity contribution in [2.24, 2.45) is 16.7 Å². The van der Waals surface area contributed by atoms with Crippen molar-refractivity contribution in [3.63, 3.8) is 0 Å². The minimum atomic E-state index is 0.392. The number of nitrogens with two attached hydrogens (primary N) is 2. The van der Waals surface area contributed by atoms with Crippen LogP contribution in [0.1, 0.15) is 11.3 Å². The Morgan fingerprint density at radius 1 is 1.69 bits per heavy atom. The summed E-state index contributed by atoms with van der Waals surface area (Å²) in [7, 11) is 0. The fraction of sp³-hybridized carbons (Fsp3) is 0.250. The molecule has 1 heterocycles. The van der Waals surface area contributed by atoms with Crippen molar-refractivity contribution >= 4 is 16.9 Å². The Balaban J connectivity index is 2.60. The molecule has 0 amide bonds. The quantitative estimate of drug-likeness (QED) is 0.317. The first kappa shape index (κ1) is 9.85. The van der Waals surface area contributed by atoms with Gasteiger partial charge in [-0.15, -0.1) is 0 Å². The lowest BCUT2D eigenvalue weighted by atomic mass is 10.2. The zero-order valence-corrected chi connectivity index (χ0v) is 8.21. The van der Waals surface area contributed by atoms with E-state index in [0.717, 1.165) is 17.0 Å². The van der Waals surface area contributed by atoms with Gasteiger partial charge in [0.25, 0.3) is 0 Å². The van der Waals surface area contributed by atoms with Crippen LogP contribution >= 0.6 is 11.8 Å². The fourth-order valence-electron chi connectivity index (χ4n) is 0.859. The highest BCUT2D eigenvalue weighted by Crippen LogP contribution is 2.13. The molecule has 0 fully saturated rings. The summed E-state index contributed by atoms with van der Waals surface area (Å²) in [6.45, 7) is 1.96. The van der Waals surface area contributed by atoms with Gasteiger partial charge in [0.1, 0.15) is 0 Å². The highest BCUT2D eigenvalue weighted by molar-refractivity contribution is 8.13. The smallest absolute Gasteiger partial charge is 0.177 e. The number of hydrazone groups is 1. The summed E-state index contributed by atoms with van der Waals surface area (Å²) in [5.41, 5.74) is 7.60. The van der Waals surface area contributed by atoms with Gasteiger partial charge in [-0.3, -0.25) is 4.98 Å². The van der Waals surface area contributed by atoms with Crippen LogP contribution in [0, 0.1) is 6.92 Å². The fourth-order valence-corrected chi connectivity index (χ4v) is 1.54. The second kappa shape index (κ2) is 4.71. The molecule has 0 aliphatic carbocycles. The van der Waals surface area contributed by atoms with Crippen molar-refractivity contribution < 1.29 is 0 Å². The number of nitrogens with zero attached hydrogens (tertiary/aromatic N) is 2. The number of amidine groups is 1. The Bertz CT molecular complexity index is 311. The highest BCUT2D eigenvalue weighted by Gasteiger charge is 1.99. The van der Waals surface area contributed by atoms with Gasteiger partial charge in [-0.25, -0.2) is 0 Å². The van der Waals surface area contributed by atoms with Gasteiger partial charge in [-0.05, 0) is 18.6 Å². The molecule has 0 radical (unpaired) electrons. The summed E-state index contributed by atoms with van der Waals surface area (Å²) >= 11 is 1.41. The summed E-state index contributed by atoms with van der Waals surface area (Å²) in [6, 6.07) is 3.91. The SMILES string of the molecule is Cc1ncccc1CS/C(N)=N/N. The summed E-state index contributed by atoms with van der Waals surface area (Å²) in [4.78, 5) is 4.16. The first-order valence-corrected chi connectivity index (χ1v) is 4.79. The van der Waals surface area contributed by atoms with Gasteiger partial charge in [0.05, 0.1) is 0 Å². The summed E-state index contributed by atoms with van der Waals surface area (Å²) in [5, 5.41) is 3.76. The van der Waals surface area contributed by atoms with Crippen LogP contribution in [0.4, 0.5) is 0 Å². The van der Waals surface area contributed by atoms with Gasteiger partial charge >= 0.3 is 0 Å². The number of pyridine rings is 1. The van der Waals surface area contributed by atoms with Crippen LogP contribution in [0.25, 0.3) is 0 Å². The topological polar surface area (TPSA) is 77.3 Å². The molecule has 1 aromatic rings. The number of aromatic nitrogens is 1. The molecule has 0 aliphatic heterocycles. The molecule has 0 spiro atoms. The van der Waals surface area contributed by atoms with E-state index in [-0.39, 0.29) is 0 Å². The molecular weight excluding hydrogens is 184 g/mol. The molecule has 70 valence electrons. The molecule has 4 N–H and O–H groups in total. The van der Waals surface area contributed by atoms with Gasteiger partial charge in [-0.2, -0.15) is 5.10 Å². The van der Waals surface area contributed by atoms with E-state index in [1.54, 1.807) is 6.20 Å². The molecule has 13 heavy (non-hydrogen) atoms. The van der Waals surface area contributed by atoms with E-state index in [4.69, 9.17) is 11.6 Å². The van der Waals surface area contributed by atoms with Crippen LogP contribution in [-0.4, -0.2) is 10.2 Å². The van der Waals surface area contributed by atoms with Crippen molar-refractivity contribution in [3.8, 4) is 0 Å². The van der Waals surface area contributed by atoms with Gasteiger partial charge in [0, 0.05) is 17.6 Å². The van der Waals surface area contributed by atoms with Crippen LogP contribution < -0.4 is 11.6 Å². The zero-order chi connectivity index (χ0) is 9.68. The van der Waals surface area contributed by atoms with Gasteiger partial charge in [0.2, 0.25) is 0 Å². The third-order valence-corrected chi connectivity index (χ3v) is 2.48. The number of rotatable bonds is 2. The van der Waals surface area contributed by atoms with E-state index in [1.165, 1.54) is 11.8 Å². The number of hydrogen-bond donors (Lipinski definition) is 2. The predicted molar refractivity (Wildman–Crippen MR) is 56.1 cm³/mol. The normalized spacial score (nSPS) is 11.6. The molecule has 1 aromatic heterocycles. The van der Waals surface area contributed by atoms with Crippen molar-refractivity contribution in [1.29, 1.82) is 0 Å². The molecule has 0 unspecified atom stereocenters. The Morgan fingerprint density at radius 3 is 3.08 bits per heavy atom. The largest absolute Gasteiger partial charge is 0.377 e. The maximum atomic E-state index is 5.44. The minimum Gasteiger partial charge on any atom is -0.377 e. The van der Waals surface area contributed by atoms with Gasteiger partial charge in [0.15, 0.2) is 5.17 Å². The summed E-state index contributed by atoms with van der Waals surface area (Å²) < 4.78 is 0. The van der Waals surface area contributed by atoms with Crippen molar-refractivity contribution in [3.05, 3.63) is 29.6 Å². The van der Waals surface area contributed by atoms with Crippen LogP contribution in [0.5, 0.6) is 0 Å². The first-order chi connectivity index (χ1) is 6.24. The number of aryl methyl sites for hydroxylation is 1. The zero-order valence-electron chi connectivity index (χ0n) is 7.40. The Morgan fingerprint density at radius 2 is 2.46 bits per heavy atom. The maximum Gasteiger partial charge on any atom is 0.177 e. The standard InChI is InChI=1S/C8H12N4S/c1-6-7(3-2-4-11-6)5-13-8(9)12-10/h2-4H,5,10H2,1H3,(H2,9,12). The second-order valence-electron chi connectivity index (χ2n) is 2.50. The van der Waals surface area contributed by atoms with Gasteiger partial charge in [-0.1, -0.05) is 17.8 Å². The number of hydrogen-bond acceptors (Lipinski definition) is 4. The minimum absolute atomic E-state index is 0.392. The monoisotopic (exact) mass is 196 g/mol. The summed E-state index contributed by atoms with van der Waals surface area (Å²) in [6.07, 6.45) is 1.77. The highest BCUT2D eigenvalue weighted by atomic mass is 32.2. The van der Waals surface area contributed by atoms with Crippen LogP contribution in [0.15, 0.2) is 23.4 Å². The van der Waals surface area contributed by atoms with E-state index in [0.29, 0.717) is 5.17 Å². The Hall–Kier alpha value is -1.23. The molecule has 0 saturated carbocycles. The lowest BCUT2D eigenvalue weighted by Crippen LogP contribution is -2.09. The molecular formula is C8H12N4S. The third-order valence-electron chi connectivity index (χ3n) is 1.62. The average molecular weight is 196 g/mol. The van der Waals surface area contributed by atoms with Gasteiger partial charge < -0.3 is 11.6 Å². The Kier molecular flexibility index (Phi) is 3.57. The molecule has 0 atom stereocenters. The van der Waals surface area contributed by atoms with Crippen LogP contribution in [-0.2, 0) is 5.75 Å². The van der Waals surface area contributed by atoms with Crippen LogP contribution in [0.2, 0.25) is 0 Å². The molecule has 0 bridgehead atoms. The molecule has 4 nitrogen and oxygen atoms in total. The third kappa shape index (κ3) is 2.95. The van der Waals surface area contributed by atoms with Crippen molar-refractivity contribution in [1.82, 2.24) is 4.98 Å². The van der Waals surface area contributed by atoms with Crippen LogP contribution in [0.3, 0.4) is 0 Å². The lowest BCUT2D eigenvalue weighted by Gasteiger charge is -2.02. The molecule has 5 heteroatoms. The van der Waals surface area contributed by atoms with E-state index in [1.807, 2.05) is 19.1 Å². The average Bonchev–Trinajstić information content (AvgIpc) is 2.16. The lowest BCUT2D eigenvalue weighted by molar-refractivity contribution is 1.14. The van der Waals surface area contributed by atoms with E-state index in [9.17, 15) is 0 Å². The first-order valence-electron chi connectivity index (χ1n) is 3.80. The molecule has 0 aliphatic rings.